The third kappa shape index (κ3) is 5.55. The fraction of sp³-hybridized carbons (Fsp3) is 0.154. The van der Waals surface area contributed by atoms with Crippen molar-refractivity contribution in [2.24, 2.45) is 0 Å². The van der Waals surface area contributed by atoms with Crippen LogP contribution in [0.3, 0.4) is 0 Å². The van der Waals surface area contributed by atoms with Gasteiger partial charge in [0.2, 0.25) is 0 Å². The third-order valence-electron chi connectivity index (χ3n) is 4.68. The van der Waals surface area contributed by atoms with E-state index in [2.05, 4.69) is 23.7 Å². The number of ether oxygens (including phenoxy) is 4. The lowest BCUT2D eigenvalue weighted by atomic mass is 10.1. The van der Waals surface area contributed by atoms with Gasteiger partial charge in [-0.3, -0.25) is 10.1 Å². The number of rotatable bonds is 5. The molecule has 0 unspecified atom stereocenters. The molecule has 3 aromatic carbocycles. The van der Waals surface area contributed by atoms with Crippen LogP contribution in [0.1, 0.15) is 22.3 Å². The van der Waals surface area contributed by atoms with Gasteiger partial charge in [0.25, 0.3) is 5.69 Å². The molecule has 0 bridgehead atoms. The van der Waals surface area contributed by atoms with E-state index in [9.17, 15) is 10.1 Å². The highest BCUT2D eigenvalue weighted by Gasteiger charge is 2.10. The largest absolute Gasteiger partial charge is 0.497 e. The van der Waals surface area contributed by atoms with Crippen molar-refractivity contribution in [3.8, 4) is 46.7 Å². The fourth-order valence-corrected chi connectivity index (χ4v) is 2.95. The average molecular weight is 443 g/mol. The van der Waals surface area contributed by atoms with Crippen LogP contribution in [0.5, 0.6) is 23.0 Å². The molecule has 0 radical (unpaired) electrons. The summed E-state index contributed by atoms with van der Waals surface area (Å²) in [5, 5.41) is 10.8. The number of methoxy groups -OCH3 is 4. The molecule has 3 rings (SSSR count). The Labute approximate surface area is 192 Å². The summed E-state index contributed by atoms with van der Waals surface area (Å²) in [5.74, 6) is 14.5. The highest BCUT2D eigenvalue weighted by Crippen LogP contribution is 2.29. The summed E-state index contributed by atoms with van der Waals surface area (Å²) >= 11 is 0. The predicted molar refractivity (Wildman–Crippen MR) is 124 cm³/mol. The molecule has 3 aromatic rings. The van der Waals surface area contributed by atoms with Gasteiger partial charge < -0.3 is 18.9 Å². The molecule has 7 heteroatoms. The standard InChI is InChI=1S/C26H21NO6/c1-30-23-13-14-24(31-2)19(15-23)9-10-21-17-25(32-3)20(16-26(21)33-4)8-5-18-6-11-22(12-7-18)27(28)29/h6-7,11-17H,1-4H3. The molecule has 0 saturated heterocycles. The molecule has 0 aliphatic rings. The number of nitro groups is 1. The zero-order valence-corrected chi connectivity index (χ0v) is 18.6. The van der Waals surface area contributed by atoms with Crippen LogP contribution in [0.4, 0.5) is 5.69 Å². The maximum absolute atomic E-state index is 10.8. The zero-order valence-electron chi connectivity index (χ0n) is 18.6. The number of hydrogen-bond donors (Lipinski definition) is 0. The zero-order chi connectivity index (χ0) is 23.8. The van der Waals surface area contributed by atoms with Crippen LogP contribution in [0, 0.1) is 33.8 Å². The Bertz CT molecular complexity index is 1290. The second-order valence-corrected chi connectivity index (χ2v) is 6.62. The van der Waals surface area contributed by atoms with E-state index in [1.165, 1.54) is 12.1 Å². The van der Waals surface area contributed by atoms with Gasteiger partial charge in [0, 0.05) is 29.8 Å². The van der Waals surface area contributed by atoms with Crippen molar-refractivity contribution in [2.75, 3.05) is 28.4 Å². The Balaban J connectivity index is 1.98. The van der Waals surface area contributed by atoms with Gasteiger partial charge in [-0.2, -0.15) is 0 Å². The highest BCUT2D eigenvalue weighted by molar-refractivity contribution is 5.61. The minimum absolute atomic E-state index is 0.00962. The van der Waals surface area contributed by atoms with E-state index in [1.807, 2.05) is 0 Å². The van der Waals surface area contributed by atoms with Gasteiger partial charge in [-0.15, -0.1) is 0 Å². The van der Waals surface area contributed by atoms with Crippen molar-refractivity contribution in [3.05, 3.63) is 87.0 Å². The average Bonchev–Trinajstić information content (AvgIpc) is 2.85. The van der Waals surface area contributed by atoms with E-state index in [-0.39, 0.29) is 5.69 Å². The SMILES string of the molecule is COc1ccc(OC)c(C#Cc2cc(OC)c(C#Cc3ccc([N+](=O)[O-])cc3)cc2OC)c1. The van der Waals surface area contributed by atoms with Crippen LogP contribution in [-0.2, 0) is 0 Å². The van der Waals surface area contributed by atoms with Crippen molar-refractivity contribution in [1.82, 2.24) is 0 Å². The van der Waals surface area contributed by atoms with E-state index in [0.717, 1.165) is 0 Å². The molecule has 7 nitrogen and oxygen atoms in total. The van der Waals surface area contributed by atoms with Gasteiger partial charge in [-0.25, -0.2) is 0 Å². The van der Waals surface area contributed by atoms with Crippen molar-refractivity contribution in [3.63, 3.8) is 0 Å². The van der Waals surface area contributed by atoms with E-state index in [0.29, 0.717) is 45.3 Å². The number of benzene rings is 3. The molecule has 0 amide bonds. The van der Waals surface area contributed by atoms with Crippen molar-refractivity contribution in [2.45, 2.75) is 0 Å². The Hall–Kier alpha value is -4.62. The molecule has 33 heavy (non-hydrogen) atoms. The Morgan fingerprint density at radius 2 is 1.15 bits per heavy atom. The molecule has 0 fully saturated rings. The van der Waals surface area contributed by atoms with Crippen molar-refractivity contribution >= 4 is 5.69 Å². The van der Waals surface area contributed by atoms with E-state index < -0.39 is 4.92 Å². The van der Waals surface area contributed by atoms with E-state index in [4.69, 9.17) is 18.9 Å². The molecule has 0 aliphatic heterocycles. The van der Waals surface area contributed by atoms with Gasteiger partial charge in [-0.05, 0) is 30.3 Å². The molecule has 0 N–H and O–H groups in total. The first kappa shape index (κ1) is 23.1. The maximum atomic E-state index is 10.8. The molecular weight excluding hydrogens is 422 g/mol. The summed E-state index contributed by atoms with van der Waals surface area (Å²) in [7, 11) is 6.26. The normalized spacial score (nSPS) is 9.58. The number of nitro benzene ring substituents is 1. The van der Waals surface area contributed by atoms with Crippen LogP contribution < -0.4 is 18.9 Å². The summed E-state index contributed by atoms with van der Waals surface area (Å²) < 4.78 is 21.7. The van der Waals surface area contributed by atoms with E-state index >= 15 is 0 Å². The van der Waals surface area contributed by atoms with Gasteiger partial charge in [0.05, 0.1) is 50.1 Å². The third-order valence-corrected chi connectivity index (χ3v) is 4.68. The van der Waals surface area contributed by atoms with Crippen LogP contribution in [-0.4, -0.2) is 33.4 Å². The molecular formula is C26H21NO6. The lowest BCUT2D eigenvalue weighted by molar-refractivity contribution is -0.384. The molecule has 0 aromatic heterocycles. The van der Waals surface area contributed by atoms with Crippen LogP contribution >= 0.6 is 0 Å². The lowest BCUT2D eigenvalue weighted by Crippen LogP contribution is -1.95. The minimum atomic E-state index is -0.452. The van der Waals surface area contributed by atoms with Crippen LogP contribution in [0.25, 0.3) is 0 Å². The monoisotopic (exact) mass is 443 g/mol. The van der Waals surface area contributed by atoms with Gasteiger partial charge in [0.1, 0.15) is 23.0 Å². The summed E-state index contributed by atoms with van der Waals surface area (Å²) in [5.41, 5.74) is 2.52. The van der Waals surface area contributed by atoms with Crippen LogP contribution in [0.15, 0.2) is 54.6 Å². The first-order valence-electron chi connectivity index (χ1n) is 9.75. The Morgan fingerprint density at radius 1 is 0.636 bits per heavy atom. The smallest absolute Gasteiger partial charge is 0.269 e. The predicted octanol–water partition coefficient (Wildman–Crippen LogP) is 4.43. The molecule has 0 spiro atoms. The van der Waals surface area contributed by atoms with Crippen molar-refractivity contribution in [1.29, 1.82) is 0 Å². The Morgan fingerprint density at radius 3 is 1.64 bits per heavy atom. The summed E-state index contributed by atoms with van der Waals surface area (Å²) in [6.45, 7) is 0. The van der Waals surface area contributed by atoms with Crippen LogP contribution in [0.2, 0.25) is 0 Å². The quantitative estimate of drug-likeness (QED) is 0.330. The highest BCUT2D eigenvalue weighted by atomic mass is 16.6. The number of non-ortho nitro benzene ring substituents is 1. The molecule has 0 heterocycles. The first-order valence-corrected chi connectivity index (χ1v) is 9.75. The minimum Gasteiger partial charge on any atom is -0.497 e. The summed E-state index contributed by atoms with van der Waals surface area (Å²) in [6.07, 6.45) is 0. The topological polar surface area (TPSA) is 80.1 Å². The Kier molecular flexibility index (Phi) is 7.41. The number of nitrogens with zero attached hydrogens (tertiary/aromatic N) is 1. The summed E-state index contributed by atoms with van der Waals surface area (Å²) in [4.78, 5) is 10.4. The summed E-state index contributed by atoms with van der Waals surface area (Å²) in [6, 6.07) is 14.9. The molecule has 0 saturated carbocycles. The number of hydrogen-bond acceptors (Lipinski definition) is 6. The lowest BCUT2D eigenvalue weighted by Gasteiger charge is -2.09. The second-order valence-electron chi connectivity index (χ2n) is 6.62. The van der Waals surface area contributed by atoms with Crippen molar-refractivity contribution < 1.29 is 23.9 Å². The van der Waals surface area contributed by atoms with Gasteiger partial charge >= 0.3 is 0 Å². The first-order chi connectivity index (χ1) is 16.0. The van der Waals surface area contributed by atoms with E-state index in [1.54, 1.807) is 70.9 Å². The molecule has 0 aliphatic carbocycles. The second kappa shape index (κ2) is 10.6. The van der Waals surface area contributed by atoms with Gasteiger partial charge in [-0.1, -0.05) is 23.7 Å². The maximum Gasteiger partial charge on any atom is 0.269 e. The molecule has 0 atom stereocenters. The fourth-order valence-electron chi connectivity index (χ4n) is 2.95. The molecule has 166 valence electrons. The van der Waals surface area contributed by atoms with Gasteiger partial charge in [0.15, 0.2) is 0 Å².